The molecule has 0 fully saturated rings. The lowest BCUT2D eigenvalue weighted by atomic mass is 10.2. The van der Waals surface area contributed by atoms with Gasteiger partial charge in [0.15, 0.2) is 0 Å². The quantitative estimate of drug-likeness (QED) is 0.461. The number of para-hydroxylation sites is 2. The maximum atomic E-state index is 13.4. The van der Waals surface area contributed by atoms with Crippen molar-refractivity contribution in [3.63, 3.8) is 0 Å². The molecular weight excluding hydrogens is 452 g/mol. The summed E-state index contributed by atoms with van der Waals surface area (Å²) in [5.74, 6) is -0.688. The zero-order valence-corrected chi connectivity index (χ0v) is 19.8. The molecule has 8 nitrogen and oxygen atoms in total. The minimum atomic E-state index is -4.04. The SMILES string of the molecule is Cc1c(NC(=O)c2ccccc2S(=O)(=O)N(C)c2ccccc2)c(=O)n(-c2ccccc2)n1C. The molecule has 0 aliphatic heterocycles. The van der Waals surface area contributed by atoms with E-state index in [0.717, 1.165) is 4.31 Å². The maximum absolute atomic E-state index is 13.4. The number of hydrogen-bond donors (Lipinski definition) is 1. The molecule has 0 aliphatic carbocycles. The highest BCUT2D eigenvalue weighted by Gasteiger charge is 2.28. The van der Waals surface area contributed by atoms with Crippen molar-refractivity contribution in [2.24, 2.45) is 7.05 Å². The molecule has 0 radical (unpaired) electrons. The molecular formula is C25H24N4O4S. The number of carbonyl (C=O) groups excluding carboxylic acids is 1. The van der Waals surface area contributed by atoms with Gasteiger partial charge in [0.2, 0.25) is 0 Å². The molecule has 0 bridgehead atoms. The van der Waals surface area contributed by atoms with Gasteiger partial charge in [0.05, 0.1) is 22.6 Å². The maximum Gasteiger partial charge on any atom is 0.295 e. The first-order chi connectivity index (χ1) is 16.2. The van der Waals surface area contributed by atoms with Crippen LogP contribution in [-0.4, -0.2) is 30.7 Å². The normalized spacial score (nSPS) is 11.3. The average Bonchev–Trinajstić information content (AvgIpc) is 3.07. The fourth-order valence-electron chi connectivity index (χ4n) is 3.70. The smallest absolute Gasteiger partial charge is 0.295 e. The van der Waals surface area contributed by atoms with E-state index in [1.165, 1.54) is 23.9 Å². The Morgan fingerprint density at radius 1 is 0.882 bits per heavy atom. The summed E-state index contributed by atoms with van der Waals surface area (Å²) in [6.45, 7) is 1.71. The number of aromatic nitrogens is 2. The standard InChI is InChI=1S/C25H24N4O4S/c1-18-23(25(31)29(27(18)2)20-14-8-5-9-15-20)26-24(30)21-16-10-11-17-22(21)34(32,33)28(3)19-12-6-4-7-13-19/h4-17H,1-3H3,(H,26,30). The highest BCUT2D eigenvalue weighted by Crippen LogP contribution is 2.25. The zero-order valence-electron chi connectivity index (χ0n) is 19.0. The number of sulfonamides is 1. The fourth-order valence-corrected chi connectivity index (χ4v) is 5.08. The Morgan fingerprint density at radius 3 is 2.09 bits per heavy atom. The van der Waals surface area contributed by atoms with Gasteiger partial charge in [0, 0.05) is 14.1 Å². The van der Waals surface area contributed by atoms with Gasteiger partial charge in [-0.05, 0) is 43.3 Å². The van der Waals surface area contributed by atoms with E-state index in [-0.39, 0.29) is 16.1 Å². The van der Waals surface area contributed by atoms with Crippen molar-refractivity contribution in [3.8, 4) is 5.69 Å². The van der Waals surface area contributed by atoms with E-state index in [1.807, 2.05) is 18.2 Å². The van der Waals surface area contributed by atoms with E-state index in [4.69, 9.17) is 0 Å². The van der Waals surface area contributed by atoms with Gasteiger partial charge in [-0.1, -0.05) is 48.5 Å². The van der Waals surface area contributed by atoms with Gasteiger partial charge in [-0.15, -0.1) is 0 Å². The van der Waals surface area contributed by atoms with Crippen LogP contribution in [0.25, 0.3) is 5.69 Å². The monoisotopic (exact) mass is 476 g/mol. The Bertz CT molecular complexity index is 1510. The fraction of sp³-hybridized carbons (Fsp3) is 0.120. The lowest BCUT2D eigenvalue weighted by Crippen LogP contribution is -2.29. The van der Waals surface area contributed by atoms with Crippen LogP contribution in [0.15, 0.2) is 94.6 Å². The molecule has 1 aromatic heterocycles. The molecule has 0 atom stereocenters. The van der Waals surface area contributed by atoms with Crippen LogP contribution in [0.5, 0.6) is 0 Å². The summed E-state index contributed by atoms with van der Waals surface area (Å²) in [5.41, 5.74) is 1.25. The number of nitrogens with zero attached hydrogens (tertiary/aromatic N) is 3. The van der Waals surface area contributed by atoms with E-state index in [0.29, 0.717) is 17.1 Å². The summed E-state index contributed by atoms with van der Waals surface area (Å²) in [4.78, 5) is 26.2. The molecule has 1 N–H and O–H groups in total. The van der Waals surface area contributed by atoms with Gasteiger partial charge < -0.3 is 5.32 Å². The lowest BCUT2D eigenvalue weighted by Gasteiger charge is -2.21. The number of carbonyl (C=O) groups is 1. The van der Waals surface area contributed by atoms with Crippen molar-refractivity contribution in [2.75, 3.05) is 16.7 Å². The third-order valence-electron chi connectivity index (χ3n) is 5.68. The topological polar surface area (TPSA) is 93.4 Å². The van der Waals surface area contributed by atoms with Gasteiger partial charge in [0.1, 0.15) is 10.6 Å². The van der Waals surface area contributed by atoms with Crippen LogP contribution < -0.4 is 15.2 Å². The number of anilines is 2. The zero-order chi connectivity index (χ0) is 24.5. The second-order valence-electron chi connectivity index (χ2n) is 7.69. The molecule has 0 spiro atoms. The summed E-state index contributed by atoms with van der Waals surface area (Å²) in [6, 6.07) is 23.6. The summed E-state index contributed by atoms with van der Waals surface area (Å²) in [7, 11) is -0.898. The second kappa shape index (κ2) is 9.03. The molecule has 1 amide bonds. The molecule has 174 valence electrons. The van der Waals surface area contributed by atoms with Gasteiger partial charge in [0.25, 0.3) is 21.5 Å². The molecule has 0 saturated heterocycles. The van der Waals surface area contributed by atoms with Crippen molar-refractivity contribution in [1.29, 1.82) is 0 Å². The van der Waals surface area contributed by atoms with Gasteiger partial charge in [-0.3, -0.25) is 18.6 Å². The van der Waals surface area contributed by atoms with Crippen LogP contribution in [0.4, 0.5) is 11.4 Å². The summed E-state index contributed by atoms with van der Waals surface area (Å²) in [5, 5.41) is 2.64. The molecule has 9 heteroatoms. The van der Waals surface area contributed by atoms with Crippen molar-refractivity contribution in [1.82, 2.24) is 9.36 Å². The van der Waals surface area contributed by atoms with Crippen LogP contribution in [-0.2, 0) is 17.1 Å². The van der Waals surface area contributed by atoms with Crippen LogP contribution in [0.2, 0.25) is 0 Å². The minimum Gasteiger partial charge on any atom is -0.316 e. The van der Waals surface area contributed by atoms with Gasteiger partial charge >= 0.3 is 0 Å². The third kappa shape index (κ3) is 4.01. The molecule has 1 heterocycles. The van der Waals surface area contributed by atoms with Gasteiger partial charge in [-0.2, -0.15) is 0 Å². The molecule has 0 aliphatic rings. The number of hydrogen-bond acceptors (Lipinski definition) is 4. The Hall–Kier alpha value is -4.11. The molecule has 0 saturated carbocycles. The number of rotatable bonds is 6. The predicted octanol–water partition coefficient (Wildman–Crippen LogP) is 3.56. The Morgan fingerprint density at radius 2 is 1.44 bits per heavy atom. The molecule has 34 heavy (non-hydrogen) atoms. The van der Waals surface area contributed by atoms with E-state index < -0.39 is 21.5 Å². The van der Waals surface area contributed by atoms with Gasteiger partial charge in [-0.25, -0.2) is 13.1 Å². The third-order valence-corrected chi connectivity index (χ3v) is 7.53. The Kier molecular flexibility index (Phi) is 6.12. The molecule has 4 rings (SSSR count). The van der Waals surface area contributed by atoms with Crippen LogP contribution >= 0.6 is 0 Å². The second-order valence-corrected chi connectivity index (χ2v) is 9.63. The minimum absolute atomic E-state index is 0.0563. The number of nitrogens with one attached hydrogen (secondary N) is 1. The molecule has 0 unspecified atom stereocenters. The highest BCUT2D eigenvalue weighted by atomic mass is 32.2. The van der Waals surface area contributed by atoms with E-state index in [2.05, 4.69) is 5.32 Å². The first-order valence-electron chi connectivity index (χ1n) is 10.5. The predicted molar refractivity (Wildman–Crippen MR) is 132 cm³/mol. The van der Waals surface area contributed by atoms with Crippen LogP contribution in [0, 0.1) is 6.92 Å². The molecule has 3 aromatic carbocycles. The Balaban J connectivity index is 1.73. The summed E-state index contributed by atoms with van der Waals surface area (Å²) < 4.78 is 30.9. The summed E-state index contributed by atoms with van der Waals surface area (Å²) in [6.07, 6.45) is 0. The molecule has 4 aromatic rings. The Labute approximate surface area is 197 Å². The van der Waals surface area contributed by atoms with Crippen molar-refractivity contribution < 1.29 is 13.2 Å². The van der Waals surface area contributed by atoms with Crippen molar-refractivity contribution in [2.45, 2.75) is 11.8 Å². The number of amides is 1. The van der Waals surface area contributed by atoms with Crippen LogP contribution in [0.1, 0.15) is 16.1 Å². The van der Waals surface area contributed by atoms with Crippen LogP contribution in [0.3, 0.4) is 0 Å². The van der Waals surface area contributed by atoms with E-state index in [9.17, 15) is 18.0 Å². The van der Waals surface area contributed by atoms with Crippen molar-refractivity contribution in [3.05, 3.63) is 107 Å². The highest BCUT2D eigenvalue weighted by molar-refractivity contribution is 7.92. The van der Waals surface area contributed by atoms with Crippen molar-refractivity contribution >= 4 is 27.3 Å². The number of benzene rings is 3. The first kappa shape index (κ1) is 23.1. The van der Waals surface area contributed by atoms with E-state index in [1.54, 1.807) is 73.3 Å². The first-order valence-corrected chi connectivity index (χ1v) is 12.0. The average molecular weight is 477 g/mol. The van der Waals surface area contributed by atoms with E-state index >= 15 is 0 Å². The summed E-state index contributed by atoms with van der Waals surface area (Å²) >= 11 is 0. The largest absolute Gasteiger partial charge is 0.316 e. The lowest BCUT2D eigenvalue weighted by molar-refractivity contribution is 0.102.